The van der Waals surface area contributed by atoms with Crippen LogP contribution in [-0.4, -0.2) is 71.4 Å². The SMILES string of the molecule is COc1nc(O[C@H]2C[C@H](C(F)(F)F)C2)c(F)cc1CN(C)C(=O)[C@@H]1CCCN1C(=O)OC(C)(C)C. The second kappa shape index (κ2) is 10.1. The molecule has 1 aliphatic heterocycles. The second-order valence-corrected chi connectivity index (χ2v) is 9.92. The maximum atomic E-state index is 14.7. The highest BCUT2D eigenvalue weighted by atomic mass is 19.4. The van der Waals surface area contributed by atoms with E-state index in [0.717, 1.165) is 6.07 Å². The van der Waals surface area contributed by atoms with E-state index in [1.54, 1.807) is 20.8 Å². The van der Waals surface area contributed by atoms with Gasteiger partial charge in [-0.25, -0.2) is 9.18 Å². The molecule has 1 aliphatic carbocycles. The third kappa shape index (κ3) is 6.46. The molecule has 0 unspecified atom stereocenters. The van der Waals surface area contributed by atoms with Crippen LogP contribution in [0.1, 0.15) is 52.0 Å². The van der Waals surface area contributed by atoms with Gasteiger partial charge in [0.25, 0.3) is 5.88 Å². The van der Waals surface area contributed by atoms with Gasteiger partial charge in [0.05, 0.1) is 19.6 Å². The van der Waals surface area contributed by atoms with Crippen LogP contribution in [0.2, 0.25) is 0 Å². The molecular formula is C23H31F4N3O5. The summed E-state index contributed by atoms with van der Waals surface area (Å²) in [5, 5.41) is 0. The first-order valence-corrected chi connectivity index (χ1v) is 11.4. The van der Waals surface area contributed by atoms with E-state index in [0.29, 0.717) is 19.4 Å². The Morgan fingerprint density at radius 1 is 1.20 bits per heavy atom. The fraction of sp³-hybridized carbons (Fsp3) is 0.696. The minimum atomic E-state index is -4.30. The standard InChI is InChI=1S/C23H31F4N3O5/c1-22(2,3)35-21(32)30-8-6-7-17(30)20(31)29(4)12-13-9-16(24)19(28-18(13)33-5)34-15-10-14(11-15)23(25,26)27/h9,14-15,17H,6-8,10-12H2,1-5H3/t14-,15-,17-/m0/s1. The van der Waals surface area contributed by atoms with Gasteiger partial charge in [-0.2, -0.15) is 18.2 Å². The molecule has 2 fully saturated rings. The van der Waals surface area contributed by atoms with Gasteiger partial charge in [0.1, 0.15) is 17.7 Å². The highest BCUT2D eigenvalue weighted by molar-refractivity contribution is 5.86. The molecule has 35 heavy (non-hydrogen) atoms. The Kier molecular flexibility index (Phi) is 7.71. The number of nitrogens with zero attached hydrogens (tertiary/aromatic N) is 3. The van der Waals surface area contributed by atoms with Crippen molar-refractivity contribution in [3.8, 4) is 11.8 Å². The van der Waals surface area contributed by atoms with Crippen LogP contribution in [0.4, 0.5) is 22.4 Å². The number of amides is 2. The van der Waals surface area contributed by atoms with Gasteiger partial charge in [-0.3, -0.25) is 9.69 Å². The number of ether oxygens (including phenoxy) is 3. The van der Waals surface area contributed by atoms with Gasteiger partial charge >= 0.3 is 12.3 Å². The number of likely N-dealkylation sites (tertiary alicyclic amines) is 1. The molecule has 2 aliphatic rings. The van der Waals surface area contributed by atoms with Crippen LogP contribution >= 0.6 is 0 Å². The average Bonchev–Trinajstić information content (AvgIpc) is 3.18. The lowest BCUT2D eigenvalue weighted by molar-refractivity contribution is -0.210. The Balaban J connectivity index is 1.66. The fourth-order valence-electron chi connectivity index (χ4n) is 4.10. The van der Waals surface area contributed by atoms with E-state index in [1.807, 2.05) is 0 Å². The predicted molar refractivity (Wildman–Crippen MR) is 116 cm³/mol. The first kappa shape index (κ1) is 26.8. The van der Waals surface area contributed by atoms with Crippen molar-refractivity contribution in [3.63, 3.8) is 0 Å². The van der Waals surface area contributed by atoms with Crippen molar-refractivity contribution in [2.45, 2.75) is 76.9 Å². The zero-order chi connectivity index (χ0) is 26.1. The number of hydrogen-bond donors (Lipinski definition) is 0. The third-order valence-corrected chi connectivity index (χ3v) is 5.96. The lowest BCUT2D eigenvalue weighted by atomic mass is 9.82. The molecule has 1 saturated carbocycles. The van der Waals surface area contributed by atoms with Gasteiger partial charge < -0.3 is 19.1 Å². The molecule has 1 aromatic heterocycles. The highest BCUT2D eigenvalue weighted by Gasteiger charge is 2.49. The van der Waals surface area contributed by atoms with Gasteiger partial charge in [-0.1, -0.05) is 0 Å². The van der Waals surface area contributed by atoms with Crippen molar-refractivity contribution >= 4 is 12.0 Å². The number of carbonyl (C=O) groups is 2. The molecule has 12 heteroatoms. The Morgan fingerprint density at radius 2 is 1.86 bits per heavy atom. The molecule has 1 atom stereocenters. The Labute approximate surface area is 201 Å². The smallest absolute Gasteiger partial charge is 0.410 e. The van der Waals surface area contributed by atoms with Crippen LogP contribution in [0.3, 0.4) is 0 Å². The molecule has 0 aromatic carbocycles. The monoisotopic (exact) mass is 505 g/mol. The topological polar surface area (TPSA) is 81.2 Å². The van der Waals surface area contributed by atoms with E-state index >= 15 is 0 Å². The summed E-state index contributed by atoms with van der Waals surface area (Å²) in [6.07, 6.45) is -5.07. The van der Waals surface area contributed by atoms with Crippen molar-refractivity contribution in [2.75, 3.05) is 20.7 Å². The number of pyridine rings is 1. The first-order valence-electron chi connectivity index (χ1n) is 11.4. The molecule has 1 saturated heterocycles. The number of methoxy groups -OCH3 is 1. The number of alkyl halides is 3. The molecular weight excluding hydrogens is 474 g/mol. The van der Waals surface area contributed by atoms with E-state index in [9.17, 15) is 27.2 Å². The maximum Gasteiger partial charge on any atom is 0.410 e. The molecule has 2 heterocycles. The van der Waals surface area contributed by atoms with Crippen molar-refractivity contribution < 1.29 is 41.4 Å². The number of hydrogen-bond acceptors (Lipinski definition) is 6. The van der Waals surface area contributed by atoms with Gasteiger partial charge in [-0.05, 0) is 52.5 Å². The molecule has 0 bridgehead atoms. The van der Waals surface area contributed by atoms with Crippen molar-refractivity contribution in [1.82, 2.24) is 14.8 Å². The van der Waals surface area contributed by atoms with Crippen LogP contribution in [-0.2, 0) is 16.1 Å². The minimum Gasteiger partial charge on any atom is -0.481 e. The highest BCUT2D eigenvalue weighted by Crippen LogP contribution is 2.43. The molecule has 0 N–H and O–H groups in total. The van der Waals surface area contributed by atoms with E-state index in [-0.39, 0.29) is 36.7 Å². The van der Waals surface area contributed by atoms with Crippen LogP contribution in [0.25, 0.3) is 0 Å². The summed E-state index contributed by atoms with van der Waals surface area (Å²) in [6, 6.07) is 0.381. The lowest BCUT2D eigenvalue weighted by Gasteiger charge is -2.36. The molecule has 2 amide bonds. The summed E-state index contributed by atoms with van der Waals surface area (Å²) in [7, 11) is 2.82. The Hall–Kier alpha value is -2.79. The summed E-state index contributed by atoms with van der Waals surface area (Å²) in [4.78, 5) is 32.3. The summed E-state index contributed by atoms with van der Waals surface area (Å²) in [6.45, 7) is 5.55. The molecule has 196 valence electrons. The third-order valence-electron chi connectivity index (χ3n) is 5.96. The van der Waals surface area contributed by atoms with Crippen LogP contribution in [0.15, 0.2) is 6.07 Å². The number of carbonyl (C=O) groups excluding carboxylic acids is 2. The summed E-state index contributed by atoms with van der Waals surface area (Å²) >= 11 is 0. The largest absolute Gasteiger partial charge is 0.481 e. The quantitative estimate of drug-likeness (QED) is 0.536. The molecule has 0 spiro atoms. The molecule has 3 rings (SSSR count). The second-order valence-electron chi connectivity index (χ2n) is 9.92. The number of aromatic nitrogens is 1. The maximum absolute atomic E-state index is 14.7. The predicted octanol–water partition coefficient (Wildman–Crippen LogP) is 4.31. The van der Waals surface area contributed by atoms with E-state index in [4.69, 9.17) is 14.2 Å². The van der Waals surface area contributed by atoms with E-state index in [1.165, 1.54) is 24.0 Å². The number of rotatable bonds is 6. The molecule has 0 radical (unpaired) electrons. The number of halogens is 4. The van der Waals surface area contributed by atoms with Crippen molar-refractivity contribution in [3.05, 3.63) is 17.4 Å². The molecule has 1 aromatic rings. The zero-order valence-corrected chi connectivity index (χ0v) is 20.4. The van der Waals surface area contributed by atoms with Crippen LogP contribution < -0.4 is 9.47 Å². The van der Waals surface area contributed by atoms with Gasteiger partial charge in [0, 0.05) is 19.2 Å². The van der Waals surface area contributed by atoms with Gasteiger partial charge in [0.2, 0.25) is 11.8 Å². The van der Waals surface area contributed by atoms with Gasteiger partial charge in [0.15, 0.2) is 5.82 Å². The lowest BCUT2D eigenvalue weighted by Crippen LogP contribution is -2.47. The van der Waals surface area contributed by atoms with Gasteiger partial charge in [-0.15, -0.1) is 0 Å². The fourth-order valence-corrected chi connectivity index (χ4v) is 4.10. The van der Waals surface area contributed by atoms with Crippen LogP contribution in [0, 0.1) is 11.7 Å². The normalized spacial score (nSPS) is 22.4. The van der Waals surface area contributed by atoms with Crippen LogP contribution in [0.5, 0.6) is 11.8 Å². The number of likely N-dealkylation sites (N-methyl/N-ethyl adjacent to an activating group) is 1. The molecule has 8 nitrogen and oxygen atoms in total. The van der Waals surface area contributed by atoms with E-state index < -0.39 is 47.6 Å². The van der Waals surface area contributed by atoms with E-state index in [2.05, 4.69) is 4.98 Å². The summed E-state index contributed by atoms with van der Waals surface area (Å²) in [5.74, 6) is -3.13. The minimum absolute atomic E-state index is 0.0110. The summed E-state index contributed by atoms with van der Waals surface area (Å²) in [5.41, 5.74) is -0.455. The average molecular weight is 506 g/mol. The summed E-state index contributed by atoms with van der Waals surface area (Å²) < 4.78 is 68.6. The Bertz CT molecular complexity index is 944. The first-order chi connectivity index (χ1) is 16.2. The van der Waals surface area contributed by atoms with Crippen molar-refractivity contribution in [2.24, 2.45) is 5.92 Å². The van der Waals surface area contributed by atoms with Crippen molar-refractivity contribution in [1.29, 1.82) is 0 Å². The Morgan fingerprint density at radius 3 is 2.43 bits per heavy atom. The zero-order valence-electron chi connectivity index (χ0n) is 20.4.